The highest BCUT2D eigenvalue weighted by Gasteiger charge is 2.17. The van der Waals surface area contributed by atoms with Crippen LogP contribution < -0.4 is 5.32 Å². The molecule has 1 fully saturated rings. The van der Waals surface area contributed by atoms with E-state index in [0.717, 1.165) is 28.7 Å². The van der Waals surface area contributed by atoms with E-state index in [1.165, 1.54) is 5.56 Å². The van der Waals surface area contributed by atoms with Gasteiger partial charge in [-0.2, -0.15) is 0 Å². The summed E-state index contributed by atoms with van der Waals surface area (Å²) < 4.78 is 7.66. The highest BCUT2D eigenvalue weighted by molar-refractivity contribution is 9.11. The predicted octanol–water partition coefficient (Wildman–Crippen LogP) is 2.87. The van der Waals surface area contributed by atoms with Gasteiger partial charge in [0.25, 0.3) is 0 Å². The lowest BCUT2D eigenvalue weighted by Gasteiger charge is -2.25. The largest absolute Gasteiger partial charge is 0.378 e. The standard InChI is InChI=1S/C10H11Br2NO/c11-7-1-2-9(12)8(5-7)10-6-14-4-3-13-10/h1-2,5,10,13H,3-4,6H2/t10-/m1/s1. The molecule has 0 spiro atoms. The average molecular weight is 321 g/mol. The van der Waals surface area contributed by atoms with Crippen LogP contribution >= 0.6 is 31.9 Å². The summed E-state index contributed by atoms with van der Waals surface area (Å²) in [5.41, 5.74) is 1.25. The van der Waals surface area contributed by atoms with Gasteiger partial charge in [-0.15, -0.1) is 0 Å². The molecule has 0 bridgehead atoms. The van der Waals surface area contributed by atoms with Crippen LogP contribution in [0.2, 0.25) is 0 Å². The van der Waals surface area contributed by atoms with Crippen LogP contribution in [0.25, 0.3) is 0 Å². The summed E-state index contributed by atoms with van der Waals surface area (Å²) in [5, 5.41) is 3.43. The van der Waals surface area contributed by atoms with Crippen molar-refractivity contribution in [3.8, 4) is 0 Å². The number of hydrogen-bond donors (Lipinski definition) is 1. The summed E-state index contributed by atoms with van der Waals surface area (Å²) in [6, 6.07) is 6.50. The molecule has 0 radical (unpaired) electrons. The minimum Gasteiger partial charge on any atom is -0.378 e. The molecule has 1 heterocycles. The van der Waals surface area contributed by atoms with Gasteiger partial charge in [0, 0.05) is 15.5 Å². The SMILES string of the molecule is Brc1ccc(Br)c([C@H]2COCCN2)c1. The Labute approximate surface area is 100 Å². The summed E-state index contributed by atoms with van der Waals surface area (Å²) in [7, 11) is 0. The van der Waals surface area contributed by atoms with Crippen molar-refractivity contribution in [1.29, 1.82) is 0 Å². The first-order chi connectivity index (χ1) is 6.77. The highest BCUT2D eigenvalue weighted by Crippen LogP contribution is 2.27. The molecular weight excluding hydrogens is 310 g/mol. The van der Waals surface area contributed by atoms with Gasteiger partial charge in [0.15, 0.2) is 0 Å². The topological polar surface area (TPSA) is 21.3 Å². The number of halogens is 2. The van der Waals surface area contributed by atoms with Crippen LogP contribution in [0.4, 0.5) is 0 Å². The monoisotopic (exact) mass is 319 g/mol. The van der Waals surface area contributed by atoms with Crippen molar-refractivity contribution in [2.24, 2.45) is 0 Å². The van der Waals surface area contributed by atoms with E-state index >= 15 is 0 Å². The number of rotatable bonds is 1. The lowest BCUT2D eigenvalue weighted by molar-refractivity contribution is 0.0766. The fourth-order valence-electron chi connectivity index (χ4n) is 1.55. The number of benzene rings is 1. The van der Waals surface area contributed by atoms with E-state index < -0.39 is 0 Å². The quantitative estimate of drug-likeness (QED) is 0.859. The Morgan fingerprint density at radius 2 is 2.21 bits per heavy atom. The molecule has 0 amide bonds. The van der Waals surface area contributed by atoms with Gasteiger partial charge in [-0.25, -0.2) is 0 Å². The Kier molecular flexibility index (Phi) is 3.60. The minimum absolute atomic E-state index is 0.302. The predicted molar refractivity (Wildman–Crippen MR) is 63.4 cm³/mol. The normalized spacial score (nSPS) is 22.3. The zero-order valence-corrected chi connectivity index (χ0v) is 10.8. The van der Waals surface area contributed by atoms with Gasteiger partial charge in [0.1, 0.15) is 0 Å². The second-order valence-corrected chi connectivity index (χ2v) is 5.02. The van der Waals surface area contributed by atoms with Crippen molar-refractivity contribution in [1.82, 2.24) is 5.32 Å². The van der Waals surface area contributed by atoms with Crippen LogP contribution in [0.1, 0.15) is 11.6 Å². The third kappa shape index (κ3) is 2.37. The molecule has 1 aromatic rings. The van der Waals surface area contributed by atoms with Gasteiger partial charge >= 0.3 is 0 Å². The molecule has 4 heteroatoms. The number of ether oxygens (including phenoxy) is 1. The van der Waals surface area contributed by atoms with Crippen LogP contribution in [0.3, 0.4) is 0 Å². The molecule has 1 aliphatic rings. The molecule has 76 valence electrons. The molecule has 2 nitrogen and oxygen atoms in total. The number of hydrogen-bond acceptors (Lipinski definition) is 2. The van der Waals surface area contributed by atoms with Gasteiger partial charge in [0.2, 0.25) is 0 Å². The lowest BCUT2D eigenvalue weighted by atomic mass is 10.1. The summed E-state index contributed by atoms with van der Waals surface area (Å²) >= 11 is 7.02. The summed E-state index contributed by atoms with van der Waals surface area (Å²) in [6.07, 6.45) is 0. The summed E-state index contributed by atoms with van der Waals surface area (Å²) in [5.74, 6) is 0. The Hall–Kier alpha value is 0.1000. The Balaban J connectivity index is 2.24. The third-order valence-electron chi connectivity index (χ3n) is 2.26. The summed E-state index contributed by atoms with van der Waals surface area (Å²) in [6.45, 7) is 2.47. The molecule has 1 aliphatic heterocycles. The Bertz CT molecular complexity index is 324. The molecule has 1 saturated heterocycles. The van der Waals surface area contributed by atoms with Gasteiger partial charge < -0.3 is 10.1 Å². The smallest absolute Gasteiger partial charge is 0.0662 e. The molecular formula is C10H11Br2NO. The molecule has 1 N–H and O–H groups in total. The van der Waals surface area contributed by atoms with E-state index in [9.17, 15) is 0 Å². The zero-order valence-electron chi connectivity index (χ0n) is 7.59. The van der Waals surface area contributed by atoms with Crippen LogP contribution in [0.15, 0.2) is 27.1 Å². The van der Waals surface area contributed by atoms with Crippen molar-refractivity contribution in [2.45, 2.75) is 6.04 Å². The van der Waals surface area contributed by atoms with Gasteiger partial charge in [-0.1, -0.05) is 31.9 Å². The van der Waals surface area contributed by atoms with Crippen LogP contribution in [-0.2, 0) is 4.74 Å². The van der Waals surface area contributed by atoms with Crippen LogP contribution in [0, 0.1) is 0 Å². The Morgan fingerprint density at radius 1 is 1.36 bits per heavy atom. The van der Waals surface area contributed by atoms with Crippen molar-refractivity contribution in [3.05, 3.63) is 32.7 Å². The average Bonchev–Trinajstić information content (AvgIpc) is 2.23. The van der Waals surface area contributed by atoms with E-state index in [4.69, 9.17) is 4.74 Å². The maximum Gasteiger partial charge on any atom is 0.0662 e. The first kappa shape index (κ1) is 10.6. The lowest BCUT2D eigenvalue weighted by Crippen LogP contribution is -2.34. The first-order valence-corrected chi connectivity index (χ1v) is 6.12. The maximum atomic E-state index is 5.43. The zero-order chi connectivity index (χ0) is 9.97. The fourth-order valence-corrected chi connectivity index (χ4v) is 2.45. The molecule has 0 saturated carbocycles. The van der Waals surface area contributed by atoms with E-state index in [1.54, 1.807) is 0 Å². The molecule has 2 rings (SSSR count). The second kappa shape index (κ2) is 4.75. The minimum atomic E-state index is 0.302. The van der Waals surface area contributed by atoms with E-state index in [1.807, 2.05) is 6.07 Å². The van der Waals surface area contributed by atoms with Gasteiger partial charge in [-0.05, 0) is 23.8 Å². The second-order valence-electron chi connectivity index (χ2n) is 3.25. The molecule has 1 aromatic carbocycles. The molecule has 14 heavy (non-hydrogen) atoms. The van der Waals surface area contributed by atoms with E-state index in [-0.39, 0.29) is 0 Å². The molecule has 0 aromatic heterocycles. The molecule has 0 aliphatic carbocycles. The van der Waals surface area contributed by atoms with E-state index in [0.29, 0.717) is 6.04 Å². The number of morpholine rings is 1. The fraction of sp³-hybridized carbons (Fsp3) is 0.400. The number of nitrogens with one attached hydrogen (secondary N) is 1. The highest BCUT2D eigenvalue weighted by atomic mass is 79.9. The van der Waals surface area contributed by atoms with Crippen molar-refractivity contribution >= 4 is 31.9 Å². The van der Waals surface area contributed by atoms with Crippen LogP contribution in [0.5, 0.6) is 0 Å². The Morgan fingerprint density at radius 3 is 2.93 bits per heavy atom. The first-order valence-electron chi connectivity index (χ1n) is 4.53. The van der Waals surface area contributed by atoms with Crippen molar-refractivity contribution in [3.63, 3.8) is 0 Å². The van der Waals surface area contributed by atoms with E-state index in [2.05, 4.69) is 49.3 Å². The molecule has 1 atom stereocenters. The molecule has 0 unspecified atom stereocenters. The van der Waals surface area contributed by atoms with Gasteiger partial charge in [0.05, 0.1) is 19.3 Å². The van der Waals surface area contributed by atoms with Gasteiger partial charge in [-0.3, -0.25) is 0 Å². The van der Waals surface area contributed by atoms with Crippen molar-refractivity contribution < 1.29 is 4.74 Å². The maximum absolute atomic E-state index is 5.43. The van der Waals surface area contributed by atoms with Crippen LogP contribution in [-0.4, -0.2) is 19.8 Å². The summed E-state index contributed by atoms with van der Waals surface area (Å²) in [4.78, 5) is 0. The van der Waals surface area contributed by atoms with Crippen molar-refractivity contribution in [2.75, 3.05) is 19.8 Å². The third-order valence-corrected chi connectivity index (χ3v) is 3.47.